The molecule has 2 rings (SSSR count). The van der Waals surface area contributed by atoms with E-state index < -0.39 is 0 Å². The number of hydrogen-bond acceptors (Lipinski definition) is 4. The van der Waals surface area contributed by atoms with Gasteiger partial charge >= 0.3 is 0 Å². The van der Waals surface area contributed by atoms with Crippen molar-refractivity contribution in [2.45, 2.75) is 45.3 Å². The van der Waals surface area contributed by atoms with Crippen LogP contribution in [0.3, 0.4) is 0 Å². The van der Waals surface area contributed by atoms with Gasteiger partial charge in [0.1, 0.15) is 5.60 Å². The predicted molar refractivity (Wildman–Crippen MR) is 90.6 cm³/mol. The highest BCUT2D eigenvalue weighted by Gasteiger charge is 2.11. The number of nitrogens with one attached hydrogen (secondary N) is 2. The summed E-state index contributed by atoms with van der Waals surface area (Å²) in [4.78, 5) is 9.60. The molecule has 0 spiro atoms. The van der Waals surface area contributed by atoms with Crippen molar-refractivity contribution in [3.63, 3.8) is 0 Å². The van der Waals surface area contributed by atoms with Crippen LogP contribution in [-0.4, -0.2) is 31.2 Å². The predicted octanol–water partition coefficient (Wildman–Crippen LogP) is 3.57. The van der Waals surface area contributed by atoms with Crippen molar-refractivity contribution in [2.75, 3.05) is 18.4 Å². The van der Waals surface area contributed by atoms with Crippen LogP contribution in [0.4, 0.5) is 5.69 Å². The van der Waals surface area contributed by atoms with E-state index in [1.54, 1.807) is 0 Å². The molecule has 1 heterocycles. The highest BCUT2D eigenvalue weighted by atomic mass is 79.9. The summed E-state index contributed by atoms with van der Waals surface area (Å²) in [5.41, 5.74) is 0.905. The maximum absolute atomic E-state index is 9.60. The first-order valence-electron chi connectivity index (χ1n) is 7.25. The van der Waals surface area contributed by atoms with Gasteiger partial charge in [-0.05, 0) is 71.0 Å². The third-order valence-corrected chi connectivity index (χ3v) is 3.48. The fourth-order valence-electron chi connectivity index (χ4n) is 1.89. The highest BCUT2D eigenvalue weighted by molar-refractivity contribution is 9.10. The molecular weight excluding hydrogens is 332 g/mol. The summed E-state index contributed by atoms with van der Waals surface area (Å²) in [6.45, 7) is 8.19. The Balaban J connectivity index is 0.000000270. The third-order valence-electron chi connectivity index (χ3n) is 2.96. The zero-order chi connectivity index (χ0) is 15.7. The van der Waals surface area contributed by atoms with E-state index in [9.17, 15) is 4.79 Å². The van der Waals surface area contributed by atoms with E-state index in [0.29, 0.717) is 12.5 Å². The second-order valence-corrected chi connectivity index (χ2v) is 6.92. The van der Waals surface area contributed by atoms with Crippen LogP contribution in [0.2, 0.25) is 0 Å². The van der Waals surface area contributed by atoms with Crippen LogP contribution in [0.5, 0.6) is 0 Å². The van der Waals surface area contributed by atoms with Gasteiger partial charge in [0.2, 0.25) is 0 Å². The van der Waals surface area contributed by atoms with E-state index in [1.165, 1.54) is 18.5 Å². The fraction of sp³-hybridized carbons (Fsp3) is 0.562. The second kappa shape index (κ2) is 9.05. The minimum Gasteiger partial charge on any atom is -0.462 e. The van der Waals surface area contributed by atoms with Crippen LogP contribution in [0.1, 0.15) is 33.6 Å². The van der Waals surface area contributed by atoms with Crippen molar-refractivity contribution in [3.8, 4) is 0 Å². The van der Waals surface area contributed by atoms with Crippen LogP contribution in [0.25, 0.3) is 0 Å². The number of hydrogen-bond donors (Lipinski definition) is 2. The summed E-state index contributed by atoms with van der Waals surface area (Å²) in [7, 11) is 0. The zero-order valence-electron chi connectivity index (χ0n) is 13.0. The third kappa shape index (κ3) is 8.73. The SMILES string of the molecule is Brc1ccc(NC2CCNCC2)cc1.CC(C)(C)OC=O. The van der Waals surface area contributed by atoms with Crippen LogP contribution in [0.15, 0.2) is 28.7 Å². The molecule has 21 heavy (non-hydrogen) atoms. The number of carbonyl (C=O) groups is 1. The lowest BCUT2D eigenvalue weighted by Crippen LogP contribution is -2.35. The van der Waals surface area contributed by atoms with Gasteiger partial charge in [-0.2, -0.15) is 0 Å². The maximum atomic E-state index is 9.60. The molecule has 0 atom stereocenters. The Morgan fingerprint density at radius 1 is 1.24 bits per heavy atom. The molecule has 1 aromatic carbocycles. The van der Waals surface area contributed by atoms with E-state index in [1.807, 2.05) is 20.8 Å². The summed E-state index contributed by atoms with van der Waals surface area (Å²) in [5, 5.41) is 6.91. The standard InChI is InChI=1S/C11H15BrN2.C5H10O2/c12-9-1-3-10(4-2-9)14-11-5-7-13-8-6-11;1-5(2,3)7-4-6/h1-4,11,13-14H,5-8H2;4H,1-3H3. The quantitative estimate of drug-likeness (QED) is 0.812. The van der Waals surface area contributed by atoms with Gasteiger partial charge in [-0.3, -0.25) is 4.79 Å². The Kier molecular flexibility index (Phi) is 7.75. The summed E-state index contributed by atoms with van der Waals surface area (Å²) in [5.74, 6) is 0. The van der Waals surface area contributed by atoms with Gasteiger partial charge in [-0.1, -0.05) is 15.9 Å². The van der Waals surface area contributed by atoms with Crippen LogP contribution >= 0.6 is 15.9 Å². The molecule has 4 nitrogen and oxygen atoms in total. The molecule has 0 amide bonds. The van der Waals surface area contributed by atoms with E-state index in [0.717, 1.165) is 17.6 Å². The molecule has 5 heteroatoms. The minimum absolute atomic E-state index is 0.318. The lowest BCUT2D eigenvalue weighted by molar-refractivity contribution is -0.138. The molecule has 1 aromatic rings. The Hall–Kier alpha value is -1.07. The van der Waals surface area contributed by atoms with E-state index in [4.69, 9.17) is 0 Å². The lowest BCUT2D eigenvalue weighted by Gasteiger charge is -2.24. The van der Waals surface area contributed by atoms with Crippen molar-refractivity contribution in [3.05, 3.63) is 28.7 Å². The van der Waals surface area contributed by atoms with Crippen molar-refractivity contribution < 1.29 is 9.53 Å². The number of ether oxygens (including phenoxy) is 1. The van der Waals surface area contributed by atoms with Gasteiger partial charge in [0.05, 0.1) is 0 Å². The average Bonchev–Trinajstić information content (AvgIpc) is 2.42. The molecule has 1 fully saturated rings. The number of benzene rings is 1. The summed E-state index contributed by atoms with van der Waals surface area (Å²) in [6.07, 6.45) is 2.44. The smallest absolute Gasteiger partial charge is 0.293 e. The van der Waals surface area contributed by atoms with Crippen molar-refractivity contribution in [1.29, 1.82) is 0 Å². The largest absolute Gasteiger partial charge is 0.462 e. The first-order chi connectivity index (χ1) is 9.90. The van der Waals surface area contributed by atoms with Crippen LogP contribution < -0.4 is 10.6 Å². The van der Waals surface area contributed by atoms with Crippen LogP contribution in [-0.2, 0) is 9.53 Å². The molecule has 1 aliphatic rings. The fourth-order valence-corrected chi connectivity index (χ4v) is 2.16. The van der Waals surface area contributed by atoms with Gasteiger partial charge < -0.3 is 15.4 Å². The molecule has 0 aromatic heterocycles. The molecular formula is C16H25BrN2O2. The Bertz CT molecular complexity index is 409. The van der Waals surface area contributed by atoms with Crippen molar-refractivity contribution in [2.24, 2.45) is 0 Å². The maximum Gasteiger partial charge on any atom is 0.293 e. The molecule has 0 radical (unpaired) electrons. The first kappa shape index (κ1) is 18.0. The molecule has 2 N–H and O–H groups in total. The average molecular weight is 357 g/mol. The zero-order valence-corrected chi connectivity index (χ0v) is 14.6. The number of anilines is 1. The molecule has 0 bridgehead atoms. The summed E-state index contributed by atoms with van der Waals surface area (Å²) >= 11 is 3.43. The molecule has 1 saturated heterocycles. The second-order valence-electron chi connectivity index (χ2n) is 6.00. The van der Waals surface area contributed by atoms with Gasteiger partial charge in [0, 0.05) is 16.2 Å². The molecule has 0 saturated carbocycles. The summed E-state index contributed by atoms with van der Waals surface area (Å²) < 4.78 is 5.68. The van der Waals surface area contributed by atoms with Crippen LogP contribution in [0, 0.1) is 0 Å². The summed E-state index contributed by atoms with van der Waals surface area (Å²) in [6, 6.07) is 9.02. The van der Waals surface area contributed by atoms with Crippen molar-refractivity contribution in [1.82, 2.24) is 5.32 Å². The molecule has 0 aliphatic carbocycles. The van der Waals surface area contributed by atoms with Gasteiger partial charge in [-0.25, -0.2) is 0 Å². The topological polar surface area (TPSA) is 50.4 Å². The highest BCUT2D eigenvalue weighted by Crippen LogP contribution is 2.17. The normalized spacial score (nSPS) is 15.6. The Morgan fingerprint density at radius 3 is 2.24 bits per heavy atom. The van der Waals surface area contributed by atoms with Crippen molar-refractivity contribution >= 4 is 28.1 Å². The lowest BCUT2D eigenvalue weighted by atomic mass is 10.1. The molecule has 0 unspecified atom stereocenters. The van der Waals surface area contributed by atoms with E-state index in [2.05, 4.69) is 55.6 Å². The number of rotatable bonds is 3. The first-order valence-corrected chi connectivity index (χ1v) is 8.04. The van der Waals surface area contributed by atoms with E-state index >= 15 is 0 Å². The number of halogens is 1. The van der Waals surface area contributed by atoms with E-state index in [-0.39, 0.29) is 5.60 Å². The minimum atomic E-state index is -0.318. The number of piperidine rings is 1. The Morgan fingerprint density at radius 2 is 1.81 bits per heavy atom. The number of carbonyl (C=O) groups excluding carboxylic acids is 1. The Labute approximate surface area is 135 Å². The van der Waals surface area contributed by atoms with Gasteiger partial charge in [0.15, 0.2) is 0 Å². The van der Waals surface area contributed by atoms with Gasteiger partial charge in [0.25, 0.3) is 6.47 Å². The monoisotopic (exact) mass is 356 g/mol. The van der Waals surface area contributed by atoms with Gasteiger partial charge in [-0.15, -0.1) is 0 Å². The molecule has 1 aliphatic heterocycles. The molecule has 118 valence electrons.